The van der Waals surface area contributed by atoms with Crippen molar-refractivity contribution in [3.8, 4) is 5.75 Å². The smallest absolute Gasteiger partial charge is 0.317 e. The van der Waals surface area contributed by atoms with Gasteiger partial charge in [0.05, 0.1) is 6.61 Å². The van der Waals surface area contributed by atoms with Crippen molar-refractivity contribution in [2.75, 3.05) is 32.8 Å². The number of carbonyl (C=O) groups is 2. The van der Waals surface area contributed by atoms with Gasteiger partial charge in [-0.05, 0) is 105 Å². The number of likely N-dealkylation sites (tertiary alicyclic amines) is 1. The lowest BCUT2D eigenvalue weighted by molar-refractivity contribution is -0.0969. The number of urea groups is 1. The summed E-state index contributed by atoms with van der Waals surface area (Å²) in [7, 11) is 0. The molecule has 3 N–H and O–H groups in total. The molecule has 4 bridgehead atoms. The Labute approximate surface area is 215 Å². The zero-order valence-electron chi connectivity index (χ0n) is 21.7. The van der Waals surface area contributed by atoms with Gasteiger partial charge in [-0.1, -0.05) is 13.0 Å². The number of amides is 3. The van der Waals surface area contributed by atoms with Gasteiger partial charge < -0.3 is 25.4 Å². The lowest BCUT2D eigenvalue weighted by atomic mass is 9.48. The Morgan fingerprint density at radius 1 is 1.14 bits per heavy atom. The monoisotopic (exact) mass is 497 g/mol. The number of piperidine rings is 1. The van der Waals surface area contributed by atoms with Gasteiger partial charge in [0, 0.05) is 37.8 Å². The van der Waals surface area contributed by atoms with Crippen molar-refractivity contribution < 1.29 is 19.4 Å². The fraction of sp³-hybridized carbons (Fsp3) is 0.724. The van der Waals surface area contributed by atoms with Gasteiger partial charge in [0.15, 0.2) is 0 Å². The van der Waals surface area contributed by atoms with Gasteiger partial charge in [-0.2, -0.15) is 0 Å². The third-order valence-corrected chi connectivity index (χ3v) is 9.35. The normalized spacial score (nSPS) is 31.3. The van der Waals surface area contributed by atoms with Gasteiger partial charge in [0.25, 0.3) is 5.91 Å². The third kappa shape index (κ3) is 5.51. The lowest BCUT2D eigenvalue weighted by Crippen LogP contribution is -2.60. The number of rotatable bonds is 9. The molecule has 2 unspecified atom stereocenters. The van der Waals surface area contributed by atoms with Crippen LogP contribution in [0.1, 0.15) is 75.1 Å². The first-order valence-corrected chi connectivity index (χ1v) is 14.2. The van der Waals surface area contributed by atoms with Crippen LogP contribution in [-0.4, -0.2) is 60.8 Å². The predicted molar refractivity (Wildman–Crippen MR) is 139 cm³/mol. The minimum atomic E-state index is -0.00954. The number of hydrogen-bond donors (Lipinski definition) is 3. The molecule has 2 atom stereocenters. The molecule has 7 heteroatoms. The van der Waals surface area contributed by atoms with E-state index in [2.05, 4.69) is 17.6 Å². The molecule has 0 spiro atoms. The highest BCUT2D eigenvalue weighted by Crippen LogP contribution is 2.59. The molecule has 36 heavy (non-hydrogen) atoms. The van der Waals surface area contributed by atoms with Crippen LogP contribution in [0.4, 0.5) is 4.79 Å². The Balaban J connectivity index is 1.08. The van der Waals surface area contributed by atoms with Gasteiger partial charge in [-0.15, -0.1) is 0 Å². The van der Waals surface area contributed by atoms with E-state index >= 15 is 0 Å². The highest BCUT2D eigenvalue weighted by atomic mass is 16.5. The summed E-state index contributed by atoms with van der Waals surface area (Å²) < 4.78 is 6.04. The molecule has 4 saturated carbocycles. The number of ether oxygens (including phenoxy) is 1. The van der Waals surface area contributed by atoms with Gasteiger partial charge >= 0.3 is 6.03 Å². The van der Waals surface area contributed by atoms with Crippen molar-refractivity contribution in [1.29, 1.82) is 0 Å². The highest BCUT2D eigenvalue weighted by molar-refractivity contribution is 5.94. The maximum absolute atomic E-state index is 13.2. The molecule has 1 aliphatic heterocycles. The molecular weight excluding hydrogens is 454 g/mol. The van der Waals surface area contributed by atoms with Crippen LogP contribution in [0.3, 0.4) is 0 Å². The van der Waals surface area contributed by atoms with Gasteiger partial charge in [-0.25, -0.2) is 4.79 Å². The third-order valence-electron chi connectivity index (χ3n) is 9.35. The largest absolute Gasteiger partial charge is 0.494 e. The van der Waals surface area contributed by atoms with Crippen molar-refractivity contribution in [1.82, 2.24) is 15.5 Å². The first-order chi connectivity index (χ1) is 17.5. The molecule has 3 amide bonds. The molecule has 4 aliphatic carbocycles. The zero-order valence-corrected chi connectivity index (χ0v) is 21.7. The Morgan fingerprint density at radius 3 is 2.58 bits per heavy atom. The van der Waals surface area contributed by atoms with E-state index in [0.717, 1.165) is 69.8 Å². The van der Waals surface area contributed by atoms with E-state index in [-0.39, 0.29) is 23.4 Å². The first-order valence-electron chi connectivity index (χ1n) is 14.2. The molecule has 1 saturated heterocycles. The van der Waals surface area contributed by atoms with E-state index < -0.39 is 0 Å². The molecule has 0 aromatic heterocycles. The van der Waals surface area contributed by atoms with Gasteiger partial charge in [0.2, 0.25) is 0 Å². The molecular formula is C29H43N3O4. The van der Waals surface area contributed by atoms with Crippen LogP contribution >= 0.6 is 0 Å². The first kappa shape index (κ1) is 25.4. The van der Waals surface area contributed by atoms with Crippen LogP contribution in [0.15, 0.2) is 24.3 Å². The van der Waals surface area contributed by atoms with Crippen molar-refractivity contribution in [3.63, 3.8) is 0 Å². The Hall–Kier alpha value is -2.28. The lowest BCUT2D eigenvalue weighted by Gasteiger charge is -2.59. The average Bonchev–Trinajstić information content (AvgIpc) is 2.89. The Morgan fingerprint density at radius 2 is 1.89 bits per heavy atom. The number of aliphatic hydroxyl groups excluding tert-OH is 1. The summed E-state index contributed by atoms with van der Waals surface area (Å²) in [5.74, 6) is 3.01. The van der Waals surface area contributed by atoms with E-state index in [0.29, 0.717) is 36.5 Å². The average molecular weight is 498 g/mol. The second-order valence-corrected chi connectivity index (χ2v) is 12.0. The molecule has 1 aromatic rings. The quantitative estimate of drug-likeness (QED) is 0.477. The topological polar surface area (TPSA) is 90.9 Å². The summed E-state index contributed by atoms with van der Waals surface area (Å²) in [6.07, 6.45) is 9.57. The van der Waals surface area contributed by atoms with Crippen LogP contribution < -0.4 is 15.4 Å². The van der Waals surface area contributed by atoms with E-state index in [1.807, 2.05) is 29.2 Å². The number of nitrogens with zero attached hydrogens (tertiary/aromatic N) is 1. The van der Waals surface area contributed by atoms with Crippen LogP contribution in [0.2, 0.25) is 0 Å². The van der Waals surface area contributed by atoms with Gasteiger partial charge in [0.1, 0.15) is 5.75 Å². The second kappa shape index (κ2) is 11.0. The maximum atomic E-state index is 13.2. The van der Waals surface area contributed by atoms with Crippen LogP contribution in [0, 0.1) is 29.1 Å². The van der Waals surface area contributed by atoms with E-state index in [1.54, 1.807) is 0 Å². The summed E-state index contributed by atoms with van der Waals surface area (Å²) in [4.78, 5) is 27.2. The van der Waals surface area contributed by atoms with Crippen molar-refractivity contribution in [2.45, 2.75) is 70.8 Å². The standard InChI is InChI=1S/C29H43N3O4/c1-2-9-30-28(35)32-10-6-20(7-11-32)8-12-36-25-5-3-4-22(15-25)27(34)31-26-23-13-21-14-24(26)18-29(16-21,17-23)19-33/h3-5,15,20-21,23-24,26,33H,2,6-14,16-19H2,1H3,(H,30,35)(H,31,34). The second-order valence-electron chi connectivity index (χ2n) is 12.0. The molecule has 198 valence electrons. The fourth-order valence-corrected chi connectivity index (χ4v) is 7.70. The number of carbonyl (C=O) groups excluding carboxylic acids is 2. The van der Waals surface area contributed by atoms with E-state index in [1.165, 1.54) is 19.3 Å². The Kier molecular flexibility index (Phi) is 7.75. The van der Waals surface area contributed by atoms with E-state index in [9.17, 15) is 14.7 Å². The number of aliphatic hydroxyl groups is 1. The maximum Gasteiger partial charge on any atom is 0.317 e. The van der Waals surface area contributed by atoms with Crippen LogP contribution in [-0.2, 0) is 0 Å². The summed E-state index contributed by atoms with van der Waals surface area (Å²) >= 11 is 0. The molecule has 5 aliphatic rings. The summed E-state index contributed by atoms with van der Waals surface area (Å²) in [5, 5.41) is 16.3. The minimum Gasteiger partial charge on any atom is -0.494 e. The van der Waals surface area contributed by atoms with Crippen molar-refractivity contribution >= 4 is 11.9 Å². The van der Waals surface area contributed by atoms with E-state index in [4.69, 9.17) is 4.74 Å². The predicted octanol–water partition coefficient (Wildman–Crippen LogP) is 4.20. The SMILES string of the molecule is CCCNC(=O)N1CCC(CCOc2cccc(C(=O)NC3C4CC5CC3CC(CO)(C5)C4)c2)CC1. The Bertz CT molecular complexity index is 913. The van der Waals surface area contributed by atoms with Crippen molar-refractivity contribution in [3.05, 3.63) is 29.8 Å². The summed E-state index contributed by atoms with van der Waals surface area (Å²) in [6, 6.07) is 7.84. The molecule has 5 fully saturated rings. The molecule has 1 heterocycles. The zero-order chi connectivity index (χ0) is 25.1. The fourth-order valence-electron chi connectivity index (χ4n) is 7.70. The summed E-state index contributed by atoms with van der Waals surface area (Å²) in [6.45, 7) is 5.32. The van der Waals surface area contributed by atoms with Crippen molar-refractivity contribution in [2.24, 2.45) is 29.1 Å². The summed E-state index contributed by atoms with van der Waals surface area (Å²) in [5.41, 5.74) is 0.772. The van der Waals surface area contributed by atoms with Crippen LogP contribution in [0.5, 0.6) is 5.75 Å². The highest BCUT2D eigenvalue weighted by Gasteiger charge is 2.55. The van der Waals surface area contributed by atoms with Gasteiger partial charge in [-0.3, -0.25) is 4.79 Å². The number of hydrogen-bond acceptors (Lipinski definition) is 4. The van der Waals surface area contributed by atoms with Crippen LogP contribution in [0.25, 0.3) is 0 Å². The molecule has 1 aromatic carbocycles. The molecule has 0 radical (unpaired) electrons. The number of nitrogens with one attached hydrogen (secondary N) is 2. The molecule has 6 rings (SSSR count). The minimum absolute atomic E-state index is 0.00954. The number of benzene rings is 1. The molecule has 7 nitrogen and oxygen atoms in total.